The van der Waals surface area contributed by atoms with Crippen molar-refractivity contribution in [2.45, 2.75) is 39.7 Å². The smallest absolute Gasteiger partial charge is 0.264 e. The first-order valence-corrected chi connectivity index (χ1v) is 12.1. The minimum atomic E-state index is -0.183. The molecule has 2 aromatic rings. The molecule has 2 aromatic carbocycles. The van der Waals surface area contributed by atoms with Crippen LogP contribution in [0.2, 0.25) is 10.0 Å². The number of carbonyl (C=O) groups is 1. The first-order chi connectivity index (χ1) is 15.2. The zero-order valence-corrected chi connectivity index (χ0v) is 20.8. The summed E-state index contributed by atoms with van der Waals surface area (Å²) in [6, 6.07) is 11.3. The maximum atomic E-state index is 12.6. The summed E-state index contributed by atoms with van der Waals surface area (Å²) in [5, 5.41) is 4.62. The van der Waals surface area contributed by atoms with E-state index in [0.717, 1.165) is 35.5 Å². The number of hydrogen-bond acceptors (Lipinski definition) is 4. The Labute approximate surface area is 203 Å². The summed E-state index contributed by atoms with van der Waals surface area (Å²) in [5.74, 6) is -0.183. The molecule has 0 aromatic heterocycles. The van der Waals surface area contributed by atoms with Gasteiger partial charge in [0.25, 0.3) is 5.91 Å². The molecule has 4 rings (SSSR count). The number of nitrogens with one attached hydrogen (secondary N) is 1. The van der Waals surface area contributed by atoms with Gasteiger partial charge in [0.05, 0.1) is 16.1 Å². The Morgan fingerprint density at radius 3 is 2.59 bits per heavy atom. The zero-order chi connectivity index (χ0) is 23.0. The Kier molecular flexibility index (Phi) is 6.44. The number of aliphatic imine (C=N–C) groups is 1. The monoisotopic (exact) mass is 485 g/mol. The van der Waals surface area contributed by atoms with Crippen LogP contribution in [0, 0.1) is 0 Å². The Morgan fingerprint density at radius 2 is 1.91 bits per heavy atom. The predicted molar refractivity (Wildman–Crippen MR) is 139 cm³/mol. The normalized spacial score (nSPS) is 19.9. The van der Waals surface area contributed by atoms with Crippen LogP contribution in [0.3, 0.4) is 0 Å². The number of fused-ring (bicyclic) bond motifs is 1. The largest absolute Gasteiger partial charge is 0.362 e. The molecule has 0 bridgehead atoms. The van der Waals surface area contributed by atoms with E-state index >= 15 is 0 Å². The van der Waals surface area contributed by atoms with E-state index in [1.54, 1.807) is 12.1 Å². The Balaban J connectivity index is 1.67. The van der Waals surface area contributed by atoms with Crippen LogP contribution < -0.4 is 10.2 Å². The maximum Gasteiger partial charge on any atom is 0.264 e. The van der Waals surface area contributed by atoms with Crippen LogP contribution in [0.1, 0.15) is 45.2 Å². The lowest BCUT2D eigenvalue weighted by Gasteiger charge is -2.43. The Bertz CT molecular complexity index is 1170. The van der Waals surface area contributed by atoms with Gasteiger partial charge in [-0.1, -0.05) is 36.2 Å². The van der Waals surface area contributed by atoms with Crippen molar-refractivity contribution in [2.24, 2.45) is 4.99 Å². The van der Waals surface area contributed by atoms with Gasteiger partial charge in [-0.05, 0) is 92.6 Å². The molecule has 0 atom stereocenters. The molecule has 1 N–H and O–H groups in total. The van der Waals surface area contributed by atoms with Crippen LogP contribution in [-0.4, -0.2) is 23.2 Å². The number of nitrogens with zero attached hydrogens (tertiary/aromatic N) is 2. The van der Waals surface area contributed by atoms with E-state index in [9.17, 15) is 4.79 Å². The zero-order valence-electron chi connectivity index (χ0n) is 18.5. The number of hydrogen-bond donors (Lipinski definition) is 1. The molecule has 0 spiro atoms. The lowest BCUT2D eigenvalue weighted by atomic mass is 9.87. The van der Waals surface area contributed by atoms with Gasteiger partial charge >= 0.3 is 0 Å². The van der Waals surface area contributed by atoms with Crippen LogP contribution in [0.4, 0.5) is 11.4 Å². The van der Waals surface area contributed by atoms with Gasteiger partial charge in [0, 0.05) is 27.8 Å². The van der Waals surface area contributed by atoms with E-state index in [1.165, 1.54) is 17.3 Å². The summed E-state index contributed by atoms with van der Waals surface area (Å²) in [7, 11) is 0. The first-order valence-electron chi connectivity index (χ1n) is 10.5. The number of carbonyl (C=O) groups excluding carboxylic acids is 1. The van der Waals surface area contributed by atoms with Gasteiger partial charge < -0.3 is 10.2 Å². The molecular formula is C25H25Cl2N3OS. The van der Waals surface area contributed by atoms with Crippen molar-refractivity contribution < 1.29 is 4.79 Å². The number of allylic oxidation sites excluding steroid dienone is 1. The number of amidine groups is 1. The second kappa shape index (κ2) is 8.97. The Hall–Kier alpha value is -2.21. The molecule has 1 saturated heterocycles. The van der Waals surface area contributed by atoms with Crippen molar-refractivity contribution in [3.05, 3.63) is 68.6 Å². The summed E-state index contributed by atoms with van der Waals surface area (Å²) < 4.78 is 0. The van der Waals surface area contributed by atoms with Crippen molar-refractivity contribution in [1.29, 1.82) is 0 Å². The first kappa shape index (κ1) is 23.0. The van der Waals surface area contributed by atoms with Gasteiger partial charge in [-0.25, -0.2) is 4.99 Å². The standard InChI is InChI=1S/C25H25Cl2N3OS/c1-5-10-30-21-13-20(27)16(11-19(21)15(2)14-25(30,3)4)12-22-23(31)29-24(32-22)28-18-8-6-17(26)7-9-18/h6-9,11-14H,5,10H2,1-4H3,(H,28,29,31)/b22-12+. The van der Waals surface area contributed by atoms with E-state index < -0.39 is 0 Å². The van der Waals surface area contributed by atoms with Gasteiger partial charge in [-0.3, -0.25) is 4.79 Å². The predicted octanol–water partition coefficient (Wildman–Crippen LogP) is 7.30. The van der Waals surface area contributed by atoms with E-state index in [-0.39, 0.29) is 11.4 Å². The lowest BCUT2D eigenvalue weighted by molar-refractivity contribution is -0.115. The summed E-state index contributed by atoms with van der Waals surface area (Å²) >= 11 is 13.9. The van der Waals surface area contributed by atoms with Crippen molar-refractivity contribution in [2.75, 3.05) is 11.4 Å². The molecule has 2 heterocycles. The number of benzene rings is 2. The molecular weight excluding hydrogens is 461 g/mol. The third kappa shape index (κ3) is 4.61. The number of anilines is 1. The SMILES string of the molecule is CCCN1c2cc(Cl)c(/C=C3/SC(=Nc4ccc(Cl)cc4)NC3=O)cc2C(C)=CC1(C)C. The van der Waals surface area contributed by atoms with Gasteiger partial charge in [-0.2, -0.15) is 0 Å². The molecule has 4 nitrogen and oxygen atoms in total. The van der Waals surface area contributed by atoms with Crippen molar-refractivity contribution >= 4 is 69.1 Å². The molecule has 32 heavy (non-hydrogen) atoms. The van der Waals surface area contributed by atoms with Crippen LogP contribution in [0.15, 0.2) is 52.4 Å². The summed E-state index contributed by atoms with van der Waals surface area (Å²) in [5.41, 5.74) is 4.96. The minimum absolute atomic E-state index is 0.0787. The fraction of sp³-hybridized carbons (Fsp3) is 0.280. The number of thioether (sulfide) groups is 1. The highest BCUT2D eigenvalue weighted by Crippen LogP contribution is 2.42. The second-order valence-corrected chi connectivity index (χ2v) is 10.4. The molecule has 166 valence electrons. The summed E-state index contributed by atoms with van der Waals surface area (Å²) in [6.07, 6.45) is 5.18. The van der Waals surface area contributed by atoms with Gasteiger partial charge in [-0.15, -0.1) is 0 Å². The average Bonchev–Trinajstić information content (AvgIpc) is 3.06. The van der Waals surface area contributed by atoms with E-state index in [2.05, 4.69) is 55.0 Å². The Morgan fingerprint density at radius 1 is 1.19 bits per heavy atom. The van der Waals surface area contributed by atoms with Crippen LogP contribution in [0.5, 0.6) is 0 Å². The molecule has 2 aliphatic heterocycles. The van der Waals surface area contributed by atoms with Crippen molar-refractivity contribution in [3.8, 4) is 0 Å². The maximum absolute atomic E-state index is 12.6. The number of halogens is 2. The average molecular weight is 486 g/mol. The number of rotatable bonds is 4. The fourth-order valence-corrected chi connectivity index (χ4v) is 5.28. The fourth-order valence-electron chi connectivity index (χ4n) is 4.11. The lowest BCUT2D eigenvalue weighted by Crippen LogP contribution is -2.45. The molecule has 0 aliphatic carbocycles. The third-order valence-corrected chi connectivity index (χ3v) is 7.03. The van der Waals surface area contributed by atoms with Crippen LogP contribution >= 0.6 is 35.0 Å². The van der Waals surface area contributed by atoms with Gasteiger partial charge in [0.2, 0.25) is 0 Å². The topological polar surface area (TPSA) is 44.7 Å². The molecule has 1 fully saturated rings. The molecule has 0 saturated carbocycles. The van der Waals surface area contributed by atoms with Gasteiger partial charge in [0.1, 0.15) is 0 Å². The van der Waals surface area contributed by atoms with Crippen LogP contribution in [0.25, 0.3) is 11.6 Å². The third-order valence-electron chi connectivity index (χ3n) is 5.54. The quantitative estimate of drug-likeness (QED) is 0.462. The molecule has 2 aliphatic rings. The highest BCUT2D eigenvalue weighted by atomic mass is 35.5. The molecule has 0 unspecified atom stereocenters. The summed E-state index contributed by atoms with van der Waals surface area (Å²) in [4.78, 5) is 20.0. The van der Waals surface area contributed by atoms with Crippen molar-refractivity contribution in [3.63, 3.8) is 0 Å². The minimum Gasteiger partial charge on any atom is -0.362 e. The highest BCUT2D eigenvalue weighted by Gasteiger charge is 2.31. The van der Waals surface area contributed by atoms with E-state index in [1.807, 2.05) is 24.3 Å². The van der Waals surface area contributed by atoms with E-state index in [0.29, 0.717) is 20.1 Å². The van der Waals surface area contributed by atoms with Crippen LogP contribution in [-0.2, 0) is 4.79 Å². The molecule has 7 heteroatoms. The second-order valence-electron chi connectivity index (χ2n) is 8.48. The molecule has 0 radical (unpaired) electrons. The van der Waals surface area contributed by atoms with Crippen molar-refractivity contribution in [1.82, 2.24) is 5.32 Å². The molecule has 1 amide bonds. The van der Waals surface area contributed by atoms with E-state index in [4.69, 9.17) is 23.2 Å². The van der Waals surface area contributed by atoms with Gasteiger partial charge in [0.15, 0.2) is 5.17 Å². The highest BCUT2D eigenvalue weighted by molar-refractivity contribution is 8.18. The summed E-state index contributed by atoms with van der Waals surface area (Å²) in [6.45, 7) is 9.70. The number of amides is 1.